The Balaban J connectivity index is 1.75. The SMILES string of the molecule is COc1ccc([N+](=O)[O-])cc1OCc1nc(-c2ccccc2)no1. The molecular formula is C16H13N3O5. The molecule has 8 heteroatoms. The molecule has 0 bridgehead atoms. The van der Waals surface area contributed by atoms with E-state index in [1.165, 1.54) is 25.3 Å². The summed E-state index contributed by atoms with van der Waals surface area (Å²) < 4.78 is 15.8. The van der Waals surface area contributed by atoms with Crippen molar-refractivity contribution in [2.45, 2.75) is 6.61 Å². The number of rotatable bonds is 6. The van der Waals surface area contributed by atoms with Gasteiger partial charge in [-0.2, -0.15) is 4.98 Å². The summed E-state index contributed by atoms with van der Waals surface area (Å²) in [6.07, 6.45) is 0. The van der Waals surface area contributed by atoms with Crippen LogP contribution >= 0.6 is 0 Å². The third kappa shape index (κ3) is 3.32. The van der Waals surface area contributed by atoms with Gasteiger partial charge in [-0.15, -0.1) is 0 Å². The molecule has 0 saturated heterocycles. The van der Waals surface area contributed by atoms with E-state index in [-0.39, 0.29) is 23.9 Å². The Morgan fingerprint density at radius 1 is 1.17 bits per heavy atom. The van der Waals surface area contributed by atoms with Gasteiger partial charge < -0.3 is 14.0 Å². The van der Waals surface area contributed by atoms with Crippen molar-refractivity contribution in [1.29, 1.82) is 0 Å². The zero-order chi connectivity index (χ0) is 16.9. The third-order valence-electron chi connectivity index (χ3n) is 3.21. The predicted molar refractivity (Wildman–Crippen MR) is 83.7 cm³/mol. The fourth-order valence-electron chi connectivity index (χ4n) is 2.05. The van der Waals surface area contributed by atoms with Gasteiger partial charge in [0.25, 0.3) is 11.6 Å². The van der Waals surface area contributed by atoms with Crippen LogP contribution in [0.15, 0.2) is 53.1 Å². The molecule has 0 radical (unpaired) electrons. The molecule has 0 saturated carbocycles. The van der Waals surface area contributed by atoms with E-state index in [1.807, 2.05) is 30.3 Å². The maximum atomic E-state index is 10.9. The van der Waals surface area contributed by atoms with Crippen molar-refractivity contribution in [2.75, 3.05) is 7.11 Å². The minimum Gasteiger partial charge on any atom is -0.493 e. The molecule has 0 fully saturated rings. The molecule has 122 valence electrons. The lowest BCUT2D eigenvalue weighted by Crippen LogP contribution is -1.99. The number of nitrogens with zero attached hydrogens (tertiary/aromatic N) is 3. The molecule has 8 nitrogen and oxygen atoms in total. The molecule has 2 aromatic carbocycles. The topological polar surface area (TPSA) is 101 Å². The molecule has 0 atom stereocenters. The van der Waals surface area contributed by atoms with Crippen LogP contribution in [0.2, 0.25) is 0 Å². The van der Waals surface area contributed by atoms with Gasteiger partial charge in [0.05, 0.1) is 18.1 Å². The molecule has 0 unspecified atom stereocenters. The normalized spacial score (nSPS) is 10.4. The first-order chi connectivity index (χ1) is 11.7. The van der Waals surface area contributed by atoms with E-state index in [2.05, 4.69) is 10.1 Å². The molecule has 1 heterocycles. The predicted octanol–water partition coefficient (Wildman–Crippen LogP) is 3.23. The monoisotopic (exact) mass is 327 g/mol. The van der Waals surface area contributed by atoms with Gasteiger partial charge in [0.1, 0.15) is 0 Å². The lowest BCUT2D eigenvalue weighted by atomic mass is 10.2. The van der Waals surface area contributed by atoms with Gasteiger partial charge in [0.2, 0.25) is 5.82 Å². The summed E-state index contributed by atoms with van der Waals surface area (Å²) in [6.45, 7) is -0.0304. The summed E-state index contributed by atoms with van der Waals surface area (Å²) in [5.41, 5.74) is 0.724. The van der Waals surface area contributed by atoms with Crippen molar-refractivity contribution >= 4 is 5.69 Å². The van der Waals surface area contributed by atoms with E-state index >= 15 is 0 Å². The molecule has 3 rings (SSSR count). The average Bonchev–Trinajstić information content (AvgIpc) is 3.09. The Labute approximate surface area is 136 Å². The first kappa shape index (κ1) is 15.5. The second-order valence-corrected chi connectivity index (χ2v) is 4.76. The van der Waals surface area contributed by atoms with Crippen molar-refractivity contribution in [3.05, 3.63) is 64.5 Å². The summed E-state index contributed by atoms with van der Waals surface area (Å²) in [4.78, 5) is 14.6. The maximum absolute atomic E-state index is 10.9. The lowest BCUT2D eigenvalue weighted by molar-refractivity contribution is -0.385. The van der Waals surface area contributed by atoms with Crippen LogP contribution in [0.3, 0.4) is 0 Å². The summed E-state index contributed by atoms with van der Waals surface area (Å²) in [6, 6.07) is 13.4. The van der Waals surface area contributed by atoms with Gasteiger partial charge >= 0.3 is 0 Å². The van der Waals surface area contributed by atoms with Crippen LogP contribution in [0.1, 0.15) is 5.89 Å². The Bertz CT molecular complexity index is 848. The van der Waals surface area contributed by atoms with Crippen LogP contribution in [0, 0.1) is 10.1 Å². The van der Waals surface area contributed by atoms with E-state index in [4.69, 9.17) is 14.0 Å². The largest absolute Gasteiger partial charge is 0.493 e. The van der Waals surface area contributed by atoms with E-state index < -0.39 is 4.92 Å². The van der Waals surface area contributed by atoms with Gasteiger partial charge in [-0.25, -0.2) is 0 Å². The number of nitro benzene ring substituents is 1. The van der Waals surface area contributed by atoms with Crippen LogP contribution in [0.4, 0.5) is 5.69 Å². The quantitative estimate of drug-likeness (QED) is 0.506. The average molecular weight is 327 g/mol. The van der Waals surface area contributed by atoms with Gasteiger partial charge in [0.15, 0.2) is 18.1 Å². The minimum atomic E-state index is -0.507. The van der Waals surface area contributed by atoms with Crippen molar-refractivity contribution in [3.8, 4) is 22.9 Å². The standard InChI is InChI=1S/C16H13N3O5/c1-22-13-8-7-12(19(20)21)9-14(13)23-10-15-17-16(18-24-15)11-5-3-2-4-6-11/h2-9H,10H2,1H3. The minimum absolute atomic E-state index is 0.0304. The Morgan fingerprint density at radius 3 is 2.67 bits per heavy atom. The van der Waals surface area contributed by atoms with E-state index in [9.17, 15) is 10.1 Å². The Hall–Kier alpha value is -3.42. The fraction of sp³-hybridized carbons (Fsp3) is 0.125. The fourth-order valence-corrected chi connectivity index (χ4v) is 2.05. The van der Waals surface area contributed by atoms with Crippen LogP contribution < -0.4 is 9.47 Å². The van der Waals surface area contributed by atoms with Crippen LogP contribution in [-0.2, 0) is 6.61 Å². The number of ether oxygens (including phenoxy) is 2. The molecular weight excluding hydrogens is 314 g/mol. The number of benzene rings is 2. The number of hydrogen-bond donors (Lipinski definition) is 0. The van der Waals surface area contributed by atoms with Gasteiger partial charge in [-0.1, -0.05) is 35.5 Å². The number of nitro groups is 1. The third-order valence-corrected chi connectivity index (χ3v) is 3.21. The van der Waals surface area contributed by atoms with Crippen molar-refractivity contribution < 1.29 is 18.9 Å². The second kappa shape index (κ2) is 6.78. The molecule has 24 heavy (non-hydrogen) atoms. The highest BCUT2D eigenvalue weighted by Gasteiger charge is 2.14. The summed E-state index contributed by atoms with van der Waals surface area (Å²) in [5, 5.41) is 14.7. The summed E-state index contributed by atoms with van der Waals surface area (Å²) in [5.74, 6) is 1.30. The van der Waals surface area contributed by atoms with Crippen molar-refractivity contribution in [2.24, 2.45) is 0 Å². The van der Waals surface area contributed by atoms with E-state index in [1.54, 1.807) is 0 Å². The first-order valence-corrected chi connectivity index (χ1v) is 7.00. The summed E-state index contributed by atoms with van der Waals surface area (Å²) in [7, 11) is 1.45. The first-order valence-electron chi connectivity index (χ1n) is 7.00. The molecule has 0 aliphatic heterocycles. The van der Waals surface area contributed by atoms with E-state index in [0.29, 0.717) is 11.6 Å². The maximum Gasteiger partial charge on any atom is 0.273 e. The number of non-ortho nitro benzene ring substituents is 1. The zero-order valence-corrected chi connectivity index (χ0v) is 12.7. The Kier molecular flexibility index (Phi) is 4.37. The van der Waals surface area contributed by atoms with Gasteiger partial charge in [0, 0.05) is 11.6 Å². The smallest absolute Gasteiger partial charge is 0.273 e. The molecule has 1 aromatic heterocycles. The highest BCUT2D eigenvalue weighted by molar-refractivity contribution is 5.53. The molecule has 0 N–H and O–H groups in total. The lowest BCUT2D eigenvalue weighted by Gasteiger charge is -2.08. The van der Waals surface area contributed by atoms with Crippen LogP contribution in [-0.4, -0.2) is 22.2 Å². The molecule has 0 spiro atoms. The highest BCUT2D eigenvalue weighted by Crippen LogP contribution is 2.31. The number of methoxy groups -OCH3 is 1. The number of aromatic nitrogens is 2. The molecule has 0 aliphatic carbocycles. The summed E-state index contributed by atoms with van der Waals surface area (Å²) >= 11 is 0. The van der Waals surface area contributed by atoms with Gasteiger partial charge in [-0.05, 0) is 6.07 Å². The van der Waals surface area contributed by atoms with Crippen LogP contribution in [0.25, 0.3) is 11.4 Å². The number of hydrogen-bond acceptors (Lipinski definition) is 7. The zero-order valence-electron chi connectivity index (χ0n) is 12.7. The second-order valence-electron chi connectivity index (χ2n) is 4.76. The molecule has 0 amide bonds. The molecule has 0 aliphatic rings. The van der Waals surface area contributed by atoms with E-state index in [0.717, 1.165) is 5.56 Å². The Morgan fingerprint density at radius 2 is 1.96 bits per heavy atom. The highest BCUT2D eigenvalue weighted by atomic mass is 16.6. The van der Waals surface area contributed by atoms with Crippen molar-refractivity contribution in [3.63, 3.8) is 0 Å². The van der Waals surface area contributed by atoms with Crippen LogP contribution in [0.5, 0.6) is 11.5 Å². The van der Waals surface area contributed by atoms with Crippen molar-refractivity contribution in [1.82, 2.24) is 10.1 Å². The van der Waals surface area contributed by atoms with Gasteiger partial charge in [-0.3, -0.25) is 10.1 Å². The molecule has 3 aromatic rings.